The molecule has 0 saturated carbocycles. The van der Waals surface area contributed by atoms with E-state index in [2.05, 4.69) is 43.0 Å². The highest BCUT2D eigenvalue weighted by molar-refractivity contribution is 9.10. The van der Waals surface area contributed by atoms with Crippen LogP contribution in [0.3, 0.4) is 0 Å². The van der Waals surface area contributed by atoms with Crippen LogP contribution in [0.2, 0.25) is 5.02 Å². The smallest absolute Gasteiger partial charge is 0.236 e. The monoisotopic (exact) mass is 545 g/mol. The molecule has 0 spiro atoms. The zero-order valence-corrected chi connectivity index (χ0v) is 20.6. The summed E-state index contributed by atoms with van der Waals surface area (Å²) in [7, 11) is 0. The molecule has 32 heavy (non-hydrogen) atoms. The van der Waals surface area contributed by atoms with Crippen molar-refractivity contribution in [3.8, 4) is 22.6 Å². The predicted molar refractivity (Wildman–Crippen MR) is 135 cm³/mol. The van der Waals surface area contributed by atoms with E-state index in [9.17, 15) is 4.79 Å². The van der Waals surface area contributed by atoms with Crippen LogP contribution >= 0.6 is 50.6 Å². The minimum Gasteiger partial charge on any atom is -0.301 e. The third-order valence-corrected chi connectivity index (χ3v) is 6.86. The van der Waals surface area contributed by atoms with E-state index in [0.717, 1.165) is 27.1 Å². The standard InChI is InChI=1S/C22H17BrClN5OS2/c1-2-11-29-20(15-3-7-16(23)8-4-15)27-28-22(29)32-13-19(30)26-21-25-18(12-31-21)14-5-9-17(24)10-6-14/h2-10,12H,1,11,13H2,(H,25,26,30). The number of amides is 1. The number of carbonyl (C=O) groups is 1. The fourth-order valence-electron chi connectivity index (χ4n) is 2.87. The number of hydrogen-bond acceptors (Lipinski definition) is 6. The molecule has 0 radical (unpaired) electrons. The number of thioether (sulfide) groups is 1. The Hall–Kier alpha value is -2.46. The van der Waals surface area contributed by atoms with Crippen molar-refractivity contribution in [2.75, 3.05) is 11.1 Å². The number of nitrogens with one attached hydrogen (secondary N) is 1. The minimum absolute atomic E-state index is 0.162. The SMILES string of the molecule is C=CCn1c(SCC(=O)Nc2nc(-c3ccc(Cl)cc3)cs2)nnc1-c1ccc(Br)cc1. The largest absolute Gasteiger partial charge is 0.301 e. The molecule has 0 unspecified atom stereocenters. The highest BCUT2D eigenvalue weighted by atomic mass is 79.9. The maximum absolute atomic E-state index is 12.5. The Labute approximate surface area is 206 Å². The first-order valence-electron chi connectivity index (χ1n) is 9.47. The van der Waals surface area contributed by atoms with Gasteiger partial charge in [0.2, 0.25) is 5.91 Å². The molecule has 4 aromatic rings. The van der Waals surface area contributed by atoms with Crippen molar-refractivity contribution in [2.45, 2.75) is 11.7 Å². The van der Waals surface area contributed by atoms with Gasteiger partial charge in [0.15, 0.2) is 16.1 Å². The van der Waals surface area contributed by atoms with Gasteiger partial charge in [-0.3, -0.25) is 9.36 Å². The number of anilines is 1. The first-order valence-corrected chi connectivity index (χ1v) is 12.5. The molecule has 162 valence electrons. The number of carbonyl (C=O) groups excluding carboxylic acids is 1. The molecule has 4 rings (SSSR count). The van der Waals surface area contributed by atoms with Crippen LogP contribution in [0.15, 0.2) is 76.2 Å². The lowest BCUT2D eigenvalue weighted by Crippen LogP contribution is -2.14. The minimum atomic E-state index is -0.162. The van der Waals surface area contributed by atoms with Gasteiger partial charge in [-0.1, -0.05) is 69.6 Å². The van der Waals surface area contributed by atoms with Crippen LogP contribution in [0.25, 0.3) is 22.6 Å². The van der Waals surface area contributed by atoms with E-state index in [4.69, 9.17) is 11.6 Å². The van der Waals surface area contributed by atoms with E-state index in [0.29, 0.717) is 21.9 Å². The normalized spacial score (nSPS) is 10.8. The van der Waals surface area contributed by atoms with Gasteiger partial charge in [-0.15, -0.1) is 28.1 Å². The summed E-state index contributed by atoms with van der Waals surface area (Å²) in [5.74, 6) is 0.754. The second-order valence-corrected chi connectivity index (χ2v) is 9.75. The van der Waals surface area contributed by atoms with Crippen molar-refractivity contribution in [2.24, 2.45) is 0 Å². The first-order chi connectivity index (χ1) is 15.5. The predicted octanol–water partition coefficient (Wildman–Crippen LogP) is 6.40. The zero-order chi connectivity index (χ0) is 22.5. The number of nitrogens with zero attached hydrogens (tertiary/aromatic N) is 4. The molecule has 0 aliphatic rings. The number of benzene rings is 2. The van der Waals surface area contributed by atoms with Crippen LogP contribution in [0, 0.1) is 0 Å². The van der Waals surface area contributed by atoms with Crippen molar-refractivity contribution >= 4 is 61.7 Å². The molecule has 6 nitrogen and oxygen atoms in total. The van der Waals surface area contributed by atoms with Crippen LogP contribution < -0.4 is 5.32 Å². The Morgan fingerprint density at radius 2 is 1.88 bits per heavy atom. The Kier molecular flexibility index (Phi) is 7.41. The van der Waals surface area contributed by atoms with E-state index in [1.165, 1.54) is 23.1 Å². The molecule has 1 N–H and O–H groups in total. The molecule has 0 fully saturated rings. The molecular formula is C22H17BrClN5OS2. The van der Waals surface area contributed by atoms with E-state index >= 15 is 0 Å². The van der Waals surface area contributed by atoms with Crippen molar-refractivity contribution in [1.82, 2.24) is 19.7 Å². The second kappa shape index (κ2) is 10.4. The lowest BCUT2D eigenvalue weighted by molar-refractivity contribution is -0.113. The maximum Gasteiger partial charge on any atom is 0.236 e. The van der Waals surface area contributed by atoms with E-state index < -0.39 is 0 Å². The molecule has 2 aromatic carbocycles. The first kappa shape index (κ1) is 22.7. The summed E-state index contributed by atoms with van der Waals surface area (Å²) in [5, 5.41) is 15.2. The van der Waals surface area contributed by atoms with Gasteiger partial charge in [0.1, 0.15) is 0 Å². The number of rotatable bonds is 8. The Balaban J connectivity index is 1.41. The van der Waals surface area contributed by atoms with Crippen molar-refractivity contribution in [3.05, 3.63) is 76.1 Å². The average molecular weight is 547 g/mol. The number of allylic oxidation sites excluding steroid dienone is 1. The summed E-state index contributed by atoms with van der Waals surface area (Å²) in [4.78, 5) is 17.0. The Morgan fingerprint density at radius 1 is 1.16 bits per heavy atom. The number of halogens is 2. The fourth-order valence-corrected chi connectivity index (χ4v) is 4.75. The van der Waals surface area contributed by atoms with Gasteiger partial charge in [0.25, 0.3) is 0 Å². The van der Waals surface area contributed by atoms with Gasteiger partial charge in [0, 0.05) is 32.5 Å². The molecule has 0 bridgehead atoms. The highest BCUT2D eigenvalue weighted by Crippen LogP contribution is 2.28. The summed E-state index contributed by atoms with van der Waals surface area (Å²) in [6.45, 7) is 4.36. The Morgan fingerprint density at radius 3 is 2.59 bits per heavy atom. The van der Waals surface area contributed by atoms with Crippen LogP contribution in [-0.4, -0.2) is 31.4 Å². The molecule has 1 amide bonds. The molecule has 0 aliphatic carbocycles. The van der Waals surface area contributed by atoms with Crippen LogP contribution in [0.4, 0.5) is 5.13 Å². The quantitative estimate of drug-likeness (QED) is 0.204. The Bertz CT molecular complexity index is 1240. The average Bonchev–Trinajstić information content (AvgIpc) is 3.41. The fraction of sp³-hybridized carbons (Fsp3) is 0.0909. The molecule has 0 atom stereocenters. The number of aromatic nitrogens is 4. The molecule has 2 heterocycles. The van der Waals surface area contributed by atoms with Crippen molar-refractivity contribution in [3.63, 3.8) is 0 Å². The third kappa shape index (κ3) is 5.47. The van der Waals surface area contributed by atoms with Gasteiger partial charge < -0.3 is 5.32 Å². The van der Waals surface area contributed by atoms with Crippen LogP contribution in [0.1, 0.15) is 0 Å². The zero-order valence-electron chi connectivity index (χ0n) is 16.7. The lowest BCUT2D eigenvalue weighted by atomic mass is 10.2. The maximum atomic E-state index is 12.5. The topological polar surface area (TPSA) is 72.7 Å². The van der Waals surface area contributed by atoms with Crippen molar-refractivity contribution in [1.29, 1.82) is 0 Å². The van der Waals surface area contributed by atoms with Crippen LogP contribution in [0.5, 0.6) is 0 Å². The molecule has 0 aliphatic heterocycles. The van der Waals surface area contributed by atoms with E-state index in [1.807, 2.05) is 58.5 Å². The van der Waals surface area contributed by atoms with E-state index in [-0.39, 0.29) is 11.7 Å². The molecule has 10 heteroatoms. The van der Waals surface area contributed by atoms with Gasteiger partial charge in [-0.05, 0) is 24.3 Å². The van der Waals surface area contributed by atoms with Crippen molar-refractivity contribution < 1.29 is 4.79 Å². The third-order valence-electron chi connectivity index (χ3n) is 4.35. The lowest BCUT2D eigenvalue weighted by Gasteiger charge is -2.08. The molecule has 2 aromatic heterocycles. The molecule has 0 saturated heterocycles. The summed E-state index contributed by atoms with van der Waals surface area (Å²) >= 11 is 12.1. The summed E-state index contributed by atoms with van der Waals surface area (Å²) in [5.41, 5.74) is 2.68. The van der Waals surface area contributed by atoms with Gasteiger partial charge in [0.05, 0.1) is 11.4 Å². The van der Waals surface area contributed by atoms with E-state index in [1.54, 1.807) is 6.08 Å². The summed E-state index contributed by atoms with van der Waals surface area (Å²) in [6.07, 6.45) is 1.78. The van der Waals surface area contributed by atoms with Gasteiger partial charge in [-0.2, -0.15) is 0 Å². The van der Waals surface area contributed by atoms with Gasteiger partial charge in [-0.25, -0.2) is 4.98 Å². The summed E-state index contributed by atoms with van der Waals surface area (Å²) < 4.78 is 2.93. The molecular weight excluding hydrogens is 530 g/mol. The highest BCUT2D eigenvalue weighted by Gasteiger charge is 2.16. The number of hydrogen-bond donors (Lipinski definition) is 1. The number of thiazole rings is 1. The van der Waals surface area contributed by atoms with Gasteiger partial charge >= 0.3 is 0 Å². The summed E-state index contributed by atoms with van der Waals surface area (Å²) in [6, 6.07) is 15.3. The van der Waals surface area contributed by atoms with Crippen LogP contribution in [-0.2, 0) is 11.3 Å². The second-order valence-electron chi connectivity index (χ2n) is 6.59.